The van der Waals surface area contributed by atoms with Gasteiger partial charge in [-0.2, -0.15) is 4.39 Å². The molecule has 0 heterocycles. The van der Waals surface area contributed by atoms with Crippen LogP contribution >= 0.6 is 0 Å². The van der Waals surface area contributed by atoms with Crippen molar-refractivity contribution in [3.05, 3.63) is 101 Å². The second-order valence-electron chi connectivity index (χ2n) is 12.3. The highest BCUT2D eigenvalue weighted by Crippen LogP contribution is 2.40. The van der Waals surface area contributed by atoms with Gasteiger partial charge in [-0.15, -0.1) is 0 Å². The molecular formula is C39H48F4O. The number of unbranched alkanes of at least 4 members (excludes halogenated alkanes) is 5. The average Bonchev–Trinajstić information content (AvgIpc) is 3.04. The molecule has 1 saturated carbocycles. The van der Waals surface area contributed by atoms with Crippen molar-refractivity contribution >= 4 is 0 Å². The molecule has 0 N–H and O–H groups in total. The lowest BCUT2D eigenvalue weighted by Crippen LogP contribution is -2.14. The monoisotopic (exact) mass is 608 g/mol. The third kappa shape index (κ3) is 9.22. The predicted octanol–water partition coefficient (Wildman–Crippen LogP) is 12.1. The van der Waals surface area contributed by atoms with Gasteiger partial charge in [0.25, 0.3) is 0 Å². The van der Waals surface area contributed by atoms with Gasteiger partial charge in [0.15, 0.2) is 23.2 Å². The molecule has 0 unspecified atom stereocenters. The summed E-state index contributed by atoms with van der Waals surface area (Å²) in [6.45, 7) is 4.59. The summed E-state index contributed by atoms with van der Waals surface area (Å²) < 4.78 is 65.6. The number of hydrogen-bond acceptors (Lipinski definition) is 1. The zero-order chi connectivity index (χ0) is 31.3. The summed E-state index contributed by atoms with van der Waals surface area (Å²) in [5, 5.41) is 0. The molecule has 0 radical (unpaired) electrons. The molecule has 238 valence electrons. The van der Waals surface area contributed by atoms with E-state index in [4.69, 9.17) is 4.74 Å². The molecule has 1 aliphatic rings. The van der Waals surface area contributed by atoms with Crippen LogP contribution in [0.3, 0.4) is 0 Å². The van der Waals surface area contributed by atoms with Gasteiger partial charge in [-0.3, -0.25) is 0 Å². The number of benzene rings is 3. The Morgan fingerprint density at radius 1 is 0.636 bits per heavy atom. The van der Waals surface area contributed by atoms with Crippen LogP contribution in [0.1, 0.15) is 114 Å². The minimum atomic E-state index is -1.23. The fourth-order valence-electron chi connectivity index (χ4n) is 6.26. The van der Waals surface area contributed by atoms with Crippen molar-refractivity contribution in [3.8, 4) is 16.9 Å². The first kappa shape index (κ1) is 33.8. The van der Waals surface area contributed by atoms with E-state index in [2.05, 4.69) is 50.3 Å². The van der Waals surface area contributed by atoms with Gasteiger partial charge >= 0.3 is 0 Å². The molecule has 44 heavy (non-hydrogen) atoms. The summed E-state index contributed by atoms with van der Waals surface area (Å²) in [6.07, 6.45) is 18.6. The maximum absolute atomic E-state index is 15.3. The first-order chi connectivity index (χ1) is 21.4. The second-order valence-corrected chi connectivity index (χ2v) is 12.3. The Kier molecular flexibility index (Phi) is 13.4. The van der Waals surface area contributed by atoms with E-state index >= 15 is 8.78 Å². The minimum Gasteiger partial charge on any atom is -0.490 e. The van der Waals surface area contributed by atoms with Gasteiger partial charge in [-0.05, 0) is 98.4 Å². The lowest BCUT2D eigenvalue weighted by Gasteiger charge is -2.27. The molecular weight excluding hydrogens is 560 g/mol. The summed E-state index contributed by atoms with van der Waals surface area (Å²) in [6, 6.07) is 14.5. The summed E-state index contributed by atoms with van der Waals surface area (Å²) in [4.78, 5) is 0. The van der Waals surface area contributed by atoms with Gasteiger partial charge in [0.2, 0.25) is 5.82 Å². The molecule has 3 aromatic rings. The molecule has 0 bridgehead atoms. The van der Waals surface area contributed by atoms with Gasteiger partial charge < -0.3 is 4.74 Å². The highest BCUT2D eigenvalue weighted by molar-refractivity contribution is 5.66. The van der Waals surface area contributed by atoms with Crippen molar-refractivity contribution in [2.45, 2.75) is 110 Å². The standard InChI is InChI=1S/C39H48F4O/c1-3-5-7-11-27-44-35-26-25-34(38(42)39(35)43)33-24-23-32(36(40)37(33)41)31-21-19-30(20-22-31)14-10-9-13-29-17-15-28(16-18-29)12-8-6-4-2/h10,14-18,23-26,30-31H,3-9,11-13,19-22,27H2,1-2H3. The van der Waals surface area contributed by atoms with Crippen LogP contribution in [0.4, 0.5) is 17.6 Å². The van der Waals surface area contributed by atoms with E-state index in [-0.39, 0.29) is 29.4 Å². The lowest BCUT2D eigenvalue weighted by atomic mass is 9.78. The molecule has 4 rings (SSSR count). The molecule has 0 atom stereocenters. The van der Waals surface area contributed by atoms with Gasteiger partial charge in [-0.1, -0.05) is 94.5 Å². The Morgan fingerprint density at radius 2 is 1.25 bits per heavy atom. The van der Waals surface area contributed by atoms with E-state index in [1.54, 1.807) is 6.07 Å². The Morgan fingerprint density at radius 3 is 1.93 bits per heavy atom. The summed E-state index contributed by atoms with van der Waals surface area (Å²) in [5.41, 5.74) is 2.50. The van der Waals surface area contributed by atoms with Crippen molar-refractivity contribution in [2.75, 3.05) is 6.61 Å². The first-order valence-corrected chi connectivity index (χ1v) is 16.8. The SMILES string of the molecule is CCCCCCOc1ccc(-c2ccc(C3CCC(C=CCCc4ccc(CCCCC)cc4)CC3)c(F)c2F)c(F)c1F. The molecule has 0 aromatic heterocycles. The minimum absolute atomic E-state index is 0.0934. The average molecular weight is 609 g/mol. The predicted molar refractivity (Wildman–Crippen MR) is 173 cm³/mol. The summed E-state index contributed by atoms with van der Waals surface area (Å²) >= 11 is 0. The van der Waals surface area contributed by atoms with Crippen LogP contribution in [0.15, 0.2) is 60.7 Å². The maximum atomic E-state index is 15.3. The summed E-state index contributed by atoms with van der Waals surface area (Å²) in [7, 11) is 0. The third-order valence-electron chi connectivity index (χ3n) is 9.02. The third-order valence-corrected chi connectivity index (χ3v) is 9.02. The Labute approximate surface area is 261 Å². The van der Waals surface area contributed by atoms with Crippen LogP contribution in [-0.4, -0.2) is 6.61 Å². The van der Waals surface area contributed by atoms with Gasteiger partial charge in [0.05, 0.1) is 6.61 Å². The largest absolute Gasteiger partial charge is 0.490 e. The van der Waals surface area contributed by atoms with E-state index in [1.807, 2.05) is 0 Å². The van der Waals surface area contributed by atoms with Gasteiger partial charge in [0.1, 0.15) is 0 Å². The molecule has 3 aromatic carbocycles. The Balaban J connectivity index is 1.28. The normalized spacial score (nSPS) is 17.0. The molecule has 5 heteroatoms. The fourth-order valence-corrected chi connectivity index (χ4v) is 6.26. The van der Waals surface area contributed by atoms with E-state index in [1.165, 1.54) is 48.6 Å². The molecule has 1 fully saturated rings. The number of hydrogen-bond donors (Lipinski definition) is 0. The smallest absolute Gasteiger partial charge is 0.201 e. The lowest BCUT2D eigenvalue weighted by molar-refractivity contribution is 0.285. The van der Waals surface area contributed by atoms with Crippen LogP contribution < -0.4 is 4.74 Å². The van der Waals surface area contributed by atoms with Gasteiger partial charge in [0, 0.05) is 11.1 Å². The van der Waals surface area contributed by atoms with Crippen molar-refractivity contribution in [3.63, 3.8) is 0 Å². The Bertz CT molecular complexity index is 1340. The molecule has 0 spiro atoms. The van der Waals surface area contributed by atoms with Crippen LogP contribution in [-0.2, 0) is 12.8 Å². The molecule has 0 saturated heterocycles. The topological polar surface area (TPSA) is 9.23 Å². The van der Waals surface area contributed by atoms with Crippen molar-refractivity contribution < 1.29 is 22.3 Å². The number of aryl methyl sites for hydroxylation is 2. The van der Waals surface area contributed by atoms with Crippen LogP contribution in [0, 0.1) is 29.2 Å². The van der Waals surface area contributed by atoms with E-state index in [0.717, 1.165) is 70.6 Å². The molecule has 0 amide bonds. The number of allylic oxidation sites excluding steroid dienone is 2. The maximum Gasteiger partial charge on any atom is 0.201 e. The van der Waals surface area contributed by atoms with E-state index in [9.17, 15) is 8.78 Å². The van der Waals surface area contributed by atoms with Crippen LogP contribution in [0.2, 0.25) is 0 Å². The van der Waals surface area contributed by atoms with Gasteiger partial charge in [-0.25, -0.2) is 13.2 Å². The van der Waals surface area contributed by atoms with E-state index < -0.39 is 23.3 Å². The number of rotatable bonds is 16. The van der Waals surface area contributed by atoms with Crippen molar-refractivity contribution in [1.82, 2.24) is 0 Å². The fraction of sp³-hybridized carbons (Fsp3) is 0.487. The van der Waals surface area contributed by atoms with E-state index in [0.29, 0.717) is 11.5 Å². The van der Waals surface area contributed by atoms with Crippen molar-refractivity contribution in [1.29, 1.82) is 0 Å². The molecule has 0 aliphatic heterocycles. The van der Waals surface area contributed by atoms with Crippen LogP contribution in [0.25, 0.3) is 11.1 Å². The number of halogens is 4. The highest BCUT2D eigenvalue weighted by atomic mass is 19.2. The zero-order valence-electron chi connectivity index (χ0n) is 26.5. The quantitative estimate of drug-likeness (QED) is 0.0893. The number of ether oxygens (including phenoxy) is 1. The Hall–Kier alpha value is -3.08. The molecule has 1 aliphatic carbocycles. The first-order valence-electron chi connectivity index (χ1n) is 16.8. The van der Waals surface area contributed by atoms with Crippen molar-refractivity contribution in [2.24, 2.45) is 5.92 Å². The van der Waals surface area contributed by atoms with Crippen LogP contribution in [0.5, 0.6) is 5.75 Å². The summed E-state index contributed by atoms with van der Waals surface area (Å²) in [5.74, 6) is -4.37. The second kappa shape index (κ2) is 17.4. The zero-order valence-corrected chi connectivity index (χ0v) is 26.5. The highest BCUT2D eigenvalue weighted by Gasteiger charge is 2.27. The molecule has 1 nitrogen and oxygen atoms in total.